The molecule has 1 aliphatic heterocycles. The second-order valence-corrected chi connectivity index (χ2v) is 6.87. The maximum Gasteiger partial charge on any atom is 0.422 e. The largest absolute Gasteiger partial charge is 0.443 e. The number of likely N-dealkylation sites (N-methyl/N-ethyl adjacent to an activating group) is 1. The third-order valence-corrected chi connectivity index (χ3v) is 3.89. The lowest BCUT2D eigenvalue weighted by molar-refractivity contribution is 0.0566. The predicted octanol–water partition coefficient (Wildman–Crippen LogP) is 0.477. The number of rotatable bonds is 3. The van der Waals surface area contributed by atoms with Gasteiger partial charge in [-0.25, -0.2) is 9.52 Å². The Balaban J connectivity index is 2.61. The zero-order chi connectivity index (χ0) is 14.0. The van der Waals surface area contributed by atoms with Gasteiger partial charge >= 0.3 is 16.3 Å². The molecule has 0 radical (unpaired) electrons. The Morgan fingerprint density at radius 3 is 2.50 bits per heavy atom. The summed E-state index contributed by atoms with van der Waals surface area (Å²) in [6.45, 7) is 5.85. The van der Waals surface area contributed by atoms with Gasteiger partial charge in [0.2, 0.25) is 0 Å². The van der Waals surface area contributed by atoms with Gasteiger partial charge in [-0.15, -0.1) is 0 Å². The Morgan fingerprint density at radius 1 is 1.44 bits per heavy atom. The molecule has 0 bridgehead atoms. The molecule has 0 spiro atoms. The predicted molar refractivity (Wildman–Crippen MR) is 65.3 cm³/mol. The summed E-state index contributed by atoms with van der Waals surface area (Å²) >= 11 is 0. The van der Waals surface area contributed by atoms with E-state index in [4.69, 9.17) is 9.47 Å². The van der Waals surface area contributed by atoms with Crippen LogP contribution in [0.3, 0.4) is 0 Å². The Labute approximate surface area is 108 Å². The number of nitrogens with one attached hydrogen (secondary N) is 1. The van der Waals surface area contributed by atoms with Crippen LogP contribution in [0.4, 0.5) is 4.79 Å². The normalized spacial score (nSPS) is 21.1. The standard InChI is InChI=1S/C10H20N2O5S/c1-10(2,3)17-9(13)11-18(14,15)12(4)8-5-6-16-7-8/h8H,5-7H2,1-4H3,(H,11,13). The van der Waals surface area contributed by atoms with Crippen molar-refractivity contribution in [2.75, 3.05) is 20.3 Å². The van der Waals surface area contributed by atoms with Crippen molar-refractivity contribution in [3.8, 4) is 0 Å². The van der Waals surface area contributed by atoms with E-state index in [1.165, 1.54) is 7.05 Å². The van der Waals surface area contributed by atoms with Crippen molar-refractivity contribution in [3.63, 3.8) is 0 Å². The molecule has 0 aromatic rings. The lowest BCUT2D eigenvalue weighted by atomic mass is 10.2. The fourth-order valence-corrected chi connectivity index (χ4v) is 2.44. The van der Waals surface area contributed by atoms with Crippen LogP contribution in [0.1, 0.15) is 27.2 Å². The third-order valence-electron chi connectivity index (χ3n) is 2.41. The minimum Gasteiger partial charge on any atom is -0.443 e. The van der Waals surface area contributed by atoms with Crippen molar-refractivity contribution in [1.29, 1.82) is 0 Å². The quantitative estimate of drug-likeness (QED) is 0.812. The second kappa shape index (κ2) is 5.41. The van der Waals surface area contributed by atoms with E-state index >= 15 is 0 Å². The highest BCUT2D eigenvalue weighted by Crippen LogP contribution is 2.14. The summed E-state index contributed by atoms with van der Waals surface area (Å²) in [5, 5.41) is 0. The van der Waals surface area contributed by atoms with Gasteiger partial charge in [0.15, 0.2) is 0 Å². The van der Waals surface area contributed by atoms with Gasteiger partial charge in [0, 0.05) is 13.7 Å². The minimum absolute atomic E-state index is 0.245. The first-order chi connectivity index (χ1) is 8.12. The molecule has 8 heteroatoms. The second-order valence-electron chi connectivity index (χ2n) is 5.14. The fourth-order valence-electron chi connectivity index (χ4n) is 1.48. The van der Waals surface area contributed by atoms with Crippen molar-refractivity contribution >= 4 is 16.3 Å². The summed E-state index contributed by atoms with van der Waals surface area (Å²) in [4.78, 5) is 11.4. The van der Waals surface area contributed by atoms with Crippen LogP contribution in [0.25, 0.3) is 0 Å². The van der Waals surface area contributed by atoms with E-state index in [1.54, 1.807) is 20.8 Å². The number of amides is 1. The van der Waals surface area contributed by atoms with E-state index in [2.05, 4.69) is 0 Å². The van der Waals surface area contributed by atoms with Crippen LogP contribution in [-0.4, -0.2) is 50.7 Å². The molecular formula is C10H20N2O5S. The zero-order valence-corrected chi connectivity index (χ0v) is 11.9. The number of carbonyl (C=O) groups excluding carboxylic acids is 1. The van der Waals surface area contributed by atoms with Crippen LogP contribution in [-0.2, 0) is 19.7 Å². The molecule has 18 heavy (non-hydrogen) atoms. The maximum atomic E-state index is 11.9. The summed E-state index contributed by atoms with van der Waals surface area (Å²) in [5.41, 5.74) is -0.741. The van der Waals surface area contributed by atoms with Crippen molar-refractivity contribution in [2.24, 2.45) is 0 Å². The highest BCUT2D eigenvalue weighted by Gasteiger charge is 2.31. The third kappa shape index (κ3) is 4.43. The highest BCUT2D eigenvalue weighted by molar-refractivity contribution is 7.87. The fraction of sp³-hybridized carbons (Fsp3) is 0.900. The molecule has 7 nitrogen and oxygen atoms in total. The SMILES string of the molecule is CN(C1CCOC1)S(=O)(=O)NC(=O)OC(C)(C)C. The van der Waals surface area contributed by atoms with Crippen LogP contribution < -0.4 is 4.72 Å². The number of ether oxygens (including phenoxy) is 2. The van der Waals surface area contributed by atoms with Crippen molar-refractivity contribution in [2.45, 2.75) is 38.8 Å². The number of nitrogens with zero attached hydrogens (tertiary/aromatic N) is 1. The van der Waals surface area contributed by atoms with Crippen LogP contribution >= 0.6 is 0 Å². The molecule has 0 saturated carbocycles. The Morgan fingerprint density at radius 2 is 2.06 bits per heavy atom. The van der Waals surface area contributed by atoms with Crippen LogP contribution in [0.15, 0.2) is 0 Å². The number of hydrogen-bond donors (Lipinski definition) is 1. The lowest BCUT2D eigenvalue weighted by Gasteiger charge is -2.24. The molecule has 0 aromatic heterocycles. The molecular weight excluding hydrogens is 260 g/mol. The van der Waals surface area contributed by atoms with E-state index < -0.39 is 21.9 Å². The molecule has 0 aromatic carbocycles. The number of hydrogen-bond acceptors (Lipinski definition) is 5. The summed E-state index contributed by atoms with van der Waals surface area (Å²) in [7, 11) is -2.48. The average Bonchev–Trinajstić information content (AvgIpc) is 2.64. The summed E-state index contributed by atoms with van der Waals surface area (Å²) < 4.78 is 36.7. The molecule has 1 aliphatic rings. The van der Waals surface area contributed by atoms with E-state index in [0.717, 1.165) is 4.31 Å². The Kier molecular flexibility index (Phi) is 4.57. The maximum absolute atomic E-state index is 11.9. The molecule has 1 unspecified atom stereocenters. The first-order valence-electron chi connectivity index (χ1n) is 5.68. The molecule has 106 valence electrons. The molecule has 1 amide bonds. The molecule has 1 rings (SSSR count). The van der Waals surface area contributed by atoms with E-state index in [9.17, 15) is 13.2 Å². The zero-order valence-electron chi connectivity index (χ0n) is 11.1. The van der Waals surface area contributed by atoms with Crippen molar-refractivity contribution < 1.29 is 22.7 Å². The Hall–Kier alpha value is -0.860. The molecule has 1 N–H and O–H groups in total. The van der Waals surface area contributed by atoms with Gasteiger partial charge in [-0.2, -0.15) is 12.7 Å². The van der Waals surface area contributed by atoms with Gasteiger partial charge in [-0.05, 0) is 27.2 Å². The van der Waals surface area contributed by atoms with E-state index in [1.807, 2.05) is 4.72 Å². The van der Waals surface area contributed by atoms with Gasteiger partial charge in [0.25, 0.3) is 0 Å². The molecule has 1 heterocycles. The first kappa shape index (κ1) is 15.2. The summed E-state index contributed by atoms with van der Waals surface area (Å²) in [6, 6.07) is -0.245. The molecule has 0 aliphatic carbocycles. The Bertz CT molecular complexity index is 395. The van der Waals surface area contributed by atoms with Gasteiger partial charge in [-0.1, -0.05) is 0 Å². The summed E-state index contributed by atoms with van der Waals surface area (Å²) in [5.74, 6) is 0. The van der Waals surface area contributed by atoms with E-state index in [-0.39, 0.29) is 6.04 Å². The molecule has 1 fully saturated rings. The number of carbonyl (C=O) groups is 1. The minimum atomic E-state index is -3.89. The topological polar surface area (TPSA) is 84.9 Å². The molecule has 1 atom stereocenters. The van der Waals surface area contributed by atoms with Gasteiger partial charge < -0.3 is 9.47 Å². The average molecular weight is 280 g/mol. The highest BCUT2D eigenvalue weighted by atomic mass is 32.2. The van der Waals surface area contributed by atoms with Crippen LogP contribution in [0.2, 0.25) is 0 Å². The van der Waals surface area contributed by atoms with Gasteiger partial charge in [-0.3, -0.25) is 0 Å². The van der Waals surface area contributed by atoms with Gasteiger partial charge in [0.05, 0.1) is 12.6 Å². The summed E-state index contributed by atoms with van der Waals surface area (Å²) in [6.07, 6.45) is -0.362. The molecule has 1 saturated heterocycles. The van der Waals surface area contributed by atoms with Crippen molar-refractivity contribution in [3.05, 3.63) is 0 Å². The van der Waals surface area contributed by atoms with Gasteiger partial charge in [0.1, 0.15) is 5.60 Å². The van der Waals surface area contributed by atoms with E-state index in [0.29, 0.717) is 19.6 Å². The van der Waals surface area contributed by atoms with Crippen LogP contribution in [0, 0.1) is 0 Å². The smallest absolute Gasteiger partial charge is 0.422 e. The first-order valence-corrected chi connectivity index (χ1v) is 7.12. The monoisotopic (exact) mass is 280 g/mol. The lowest BCUT2D eigenvalue weighted by Crippen LogP contribution is -2.47. The van der Waals surface area contributed by atoms with Crippen molar-refractivity contribution in [1.82, 2.24) is 9.03 Å². The van der Waals surface area contributed by atoms with Crippen LogP contribution in [0.5, 0.6) is 0 Å².